The molecule has 1 aliphatic carbocycles. The fraction of sp³-hybridized carbons (Fsp3) is 0.603. The summed E-state index contributed by atoms with van der Waals surface area (Å²) in [5, 5.41) is 38.5. The lowest BCUT2D eigenvalue weighted by molar-refractivity contribution is -0.153. The lowest BCUT2D eigenvalue weighted by atomic mass is 9.84. The van der Waals surface area contributed by atoms with Gasteiger partial charge in [-0.3, -0.25) is 62.7 Å². The molecular formula is C58H83N17O13S. The Hall–Kier alpha value is -8.45. The largest absolute Gasteiger partial charge is 0.481 e. The van der Waals surface area contributed by atoms with Crippen molar-refractivity contribution in [3.63, 3.8) is 0 Å². The Morgan fingerprint density at radius 1 is 0.764 bits per heavy atom. The Morgan fingerprint density at radius 2 is 1.48 bits per heavy atom. The molecule has 2 aromatic rings. The number of fused-ring (bicyclic) bond motifs is 5. The van der Waals surface area contributed by atoms with Crippen molar-refractivity contribution in [2.75, 3.05) is 39.3 Å². The van der Waals surface area contributed by atoms with E-state index in [9.17, 15) is 53.4 Å². The van der Waals surface area contributed by atoms with Gasteiger partial charge < -0.3 is 90.4 Å². The minimum absolute atomic E-state index is 0.0413. The van der Waals surface area contributed by atoms with E-state index in [0.29, 0.717) is 24.1 Å². The van der Waals surface area contributed by atoms with E-state index in [2.05, 4.69) is 41.9 Å². The molecule has 31 heteroatoms. The van der Waals surface area contributed by atoms with Crippen LogP contribution in [0.2, 0.25) is 0 Å². The molecule has 5 aliphatic heterocycles. The average molecular weight is 1260 g/mol. The van der Waals surface area contributed by atoms with Crippen LogP contribution in [0, 0.1) is 5.92 Å². The van der Waals surface area contributed by atoms with Gasteiger partial charge in [0.05, 0.1) is 25.1 Å². The van der Waals surface area contributed by atoms with E-state index in [1.165, 1.54) is 26.0 Å². The molecule has 0 radical (unpaired) electrons. The lowest BCUT2D eigenvalue weighted by Crippen LogP contribution is -2.63. The first kappa shape index (κ1) is 66.5. The molecule has 89 heavy (non-hydrogen) atoms. The van der Waals surface area contributed by atoms with E-state index >= 15 is 9.59 Å². The molecule has 5 fully saturated rings. The number of hydrogen-bond acceptors (Lipinski definition) is 16. The SMILES string of the molecule is NC(N)=NCCC[C@@H](N)C(=O)N[C@@H](CCCN=C(N)N)C(=O)N1CCC[C@H]1C(=O)N1C[C@H](O)C[C@H]1C(=O)NCC(=O)N[C@@H](Cc1cccs1)C(=O)N[C@H]1CCNC(=O)[C@H](CC(=O)O)NC(=O)[C@@H]2CC3CCCCC3N2C(=O)[C@H]2Cc3ccccc3CN2C1=O. The summed E-state index contributed by atoms with van der Waals surface area (Å²) in [5.41, 5.74) is 29.6. The highest BCUT2D eigenvalue weighted by molar-refractivity contribution is 7.09. The van der Waals surface area contributed by atoms with Crippen LogP contribution in [0.15, 0.2) is 51.8 Å². The van der Waals surface area contributed by atoms with Crippen molar-refractivity contribution in [2.24, 2.45) is 44.6 Å². The number of amides is 10. The van der Waals surface area contributed by atoms with Crippen molar-refractivity contribution < 1.29 is 63.0 Å². The Labute approximate surface area is 518 Å². The molecule has 2 unspecified atom stereocenters. The summed E-state index contributed by atoms with van der Waals surface area (Å²) in [6, 6.07) is -0.710. The quantitative estimate of drug-likeness (QED) is 0.0302. The summed E-state index contributed by atoms with van der Waals surface area (Å²) >= 11 is 1.28. The number of carbonyl (C=O) groups is 11. The third-order valence-corrected chi connectivity index (χ3v) is 18.3. The number of aliphatic imine (C=N–C) groups is 2. The zero-order valence-electron chi connectivity index (χ0n) is 49.6. The number of nitrogens with two attached hydrogens (primary N) is 5. The number of aliphatic carboxylic acids is 1. The normalized spacial score (nSPS) is 25.4. The fourth-order valence-electron chi connectivity index (χ4n) is 13.0. The average Bonchev–Trinajstić information content (AvgIpc) is 1.92. The number of carboxylic acids is 1. The summed E-state index contributed by atoms with van der Waals surface area (Å²) in [6.07, 6.45) is 2.34. The van der Waals surface area contributed by atoms with Gasteiger partial charge in [-0.25, -0.2) is 0 Å². The molecule has 10 amide bonds. The highest BCUT2D eigenvalue weighted by atomic mass is 32.1. The maximum atomic E-state index is 15.3. The number of nitrogens with one attached hydrogen (secondary N) is 6. The van der Waals surface area contributed by atoms with Crippen LogP contribution in [0.25, 0.3) is 0 Å². The van der Waals surface area contributed by atoms with Crippen LogP contribution in [0.1, 0.15) is 106 Å². The van der Waals surface area contributed by atoms with Crippen molar-refractivity contribution in [3.05, 3.63) is 57.8 Å². The van der Waals surface area contributed by atoms with E-state index < -0.39 is 138 Å². The van der Waals surface area contributed by atoms with Crippen LogP contribution in [-0.4, -0.2) is 213 Å². The third-order valence-electron chi connectivity index (χ3n) is 17.4. The molecule has 1 aromatic heterocycles. The molecular weight excluding hydrogens is 1170 g/mol. The molecule has 12 atom stereocenters. The van der Waals surface area contributed by atoms with Gasteiger partial charge in [-0.1, -0.05) is 43.2 Å². The predicted octanol–water partition coefficient (Wildman–Crippen LogP) is -4.16. The Balaban J connectivity index is 0.969. The molecule has 6 heterocycles. The summed E-state index contributed by atoms with van der Waals surface area (Å²) in [6.45, 7) is -0.858. The fourth-order valence-corrected chi connectivity index (χ4v) is 13.8. The van der Waals surface area contributed by atoms with Crippen molar-refractivity contribution in [1.29, 1.82) is 0 Å². The summed E-state index contributed by atoms with van der Waals surface area (Å²) in [5.74, 6) is -8.78. The van der Waals surface area contributed by atoms with Gasteiger partial charge in [-0.15, -0.1) is 11.3 Å². The second-order valence-electron chi connectivity index (χ2n) is 23.6. The lowest BCUT2D eigenvalue weighted by Gasteiger charge is -2.43. The minimum Gasteiger partial charge on any atom is -0.481 e. The first-order valence-corrected chi connectivity index (χ1v) is 31.3. The van der Waals surface area contributed by atoms with Crippen molar-refractivity contribution in [2.45, 2.75) is 176 Å². The van der Waals surface area contributed by atoms with Gasteiger partial charge in [0.25, 0.3) is 0 Å². The highest BCUT2D eigenvalue weighted by Gasteiger charge is 2.52. The van der Waals surface area contributed by atoms with Gasteiger partial charge in [0.1, 0.15) is 48.3 Å². The zero-order valence-corrected chi connectivity index (χ0v) is 50.4. The number of carboxylic acid groups (broad SMARTS) is 1. The van der Waals surface area contributed by atoms with Gasteiger partial charge in [0.15, 0.2) is 11.9 Å². The number of thiophene rings is 1. The molecule has 1 saturated carbocycles. The number of aliphatic hydroxyl groups excluding tert-OH is 1. The smallest absolute Gasteiger partial charge is 0.305 e. The zero-order chi connectivity index (χ0) is 64.1. The molecule has 6 aliphatic rings. The summed E-state index contributed by atoms with van der Waals surface area (Å²) in [4.78, 5) is 170. The Kier molecular flexibility index (Phi) is 22.9. The van der Waals surface area contributed by atoms with Crippen molar-refractivity contribution >= 4 is 88.3 Å². The second kappa shape index (κ2) is 30.6. The molecule has 4 saturated heterocycles. The van der Waals surface area contributed by atoms with E-state index in [-0.39, 0.29) is 121 Å². The van der Waals surface area contributed by atoms with E-state index in [4.69, 9.17) is 28.7 Å². The monoisotopic (exact) mass is 1260 g/mol. The maximum Gasteiger partial charge on any atom is 0.305 e. The number of aliphatic hydroxyl groups is 1. The molecule has 484 valence electrons. The number of rotatable bonds is 22. The van der Waals surface area contributed by atoms with Gasteiger partial charge in [0.2, 0.25) is 59.1 Å². The van der Waals surface area contributed by atoms with Crippen LogP contribution in [0.4, 0.5) is 0 Å². The van der Waals surface area contributed by atoms with Crippen LogP contribution < -0.4 is 60.6 Å². The number of carbonyl (C=O) groups excluding carboxylic acids is 10. The number of β-amino-alcohol motifs (C(OH)–C–C–N with tert-alkyl or cyclic N) is 1. The number of guanidine groups is 2. The second-order valence-corrected chi connectivity index (χ2v) is 24.7. The van der Waals surface area contributed by atoms with Crippen LogP contribution >= 0.6 is 11.3 Å². The van der Waals surface area contributed by atoms with E-state index in [0.717, 1.165) is 35.3 Å². The summed E-state index contributed by atoms with van der Waals surface area (Å²) < 4.78 is 0. The van der Waals surface area contributed by atoms with Crippen molar-refractivity contribution in [3.8, 4) is 0 Å². The Morgan fingerprint density at radius 3 is 2.19 bits per heavy atom. The molecule has 8 rings (SSSR count). The third kappa shape index (κ3) is 17.0. The Bertz CT molecular complexity index is 3010. The van der Waals surface area contributed by atoms with Crippen LogP contribution in [0.3, 0.4) is 0 Å². The van der Waals surface area contributed by atoms with E-state index in [1.54, 1.807) is 23.6 Å². The molecule has 0 bridgehead atoms. The van der Waals surface area contributed by atoms with Crippen molar-refractivity contribution in [1.82, 2.24) is 51.5 Å². The number of benzene rings is 1. The number of likely N-dealkylation sites (tertiary alicyclic amines) is 2. The topological polar surface area (TPSA) is 468 Å². The van der Waals surface area contributed by atoms with Gasteiger partial charge in [-0.05, 0) is 92.7 Å². The highest BCUT2D eigenvalue weighted by Crippen LogP contribution is 2.41. The molecule has 0 spiro atoms. The first-order valence-electron chi connectivity index (χ1n) is 30.4. The maximum absolute atomic E-state index is 15.3. The summed E-state index contributed by atoms with van der Waals surface area (Å²) in [7, 11) is 0. The molecule has 18 N–H and O–H groups in total. The van der Waals surface area contributed by atoms with E-state index in [1.807, 2.05) is 18.2 Å². The van der Waals surface area contributed by atoms with Gasteiger partial charge in [-0.2, -0.15) is 0 Å². The first-order chi connectivity index (χ1) is 42.6. The van der Waals surface area contributed by atoms with Gasteiger partial charge in [0, 0.05) is 69.4 Å². The van der Waals surface area contributed by atoms with Crippen LogP contribution in [0.5, 0.6) is 0 Å². The van der Waals surface area contributed by atoms with Gasteiger partial charge >= 0.3 is 5.97 Å². The standard InChI is InChI=1S/C58H83N17O13S/c59-36(13-5-18-65-57(60)61)48(80)69-37(14-6-19-66-58(62)63)53(85)72-21-7-16-42(72)55(87)74-30-34(76)25-43(74)51(83)67-28-46(77)68-39(26-35-12-8-22-89-35)50(82)70-38-17-20-64-49(81)40(27-47(78)79)71-52(84)44-24-32-10-3-4-15-41(32)75(44)56(88)45-23-31-9-1-2-11-33(31)29-73(45)54(38)86/h1-2,8-9,11-12,22,32,34,36-45,76H,3-7,10,13-21,23-30,59H2,(H,64,81)(H,67,83)(H,68,77)(H,69,80)(H,70,82)(H,71,84)(H,78,79)(H4,60,61,65)(H4,62,63,66)/t32?,34-,36-,37+,38+,39+,40+,41?,42+,43+,44+,45-/m1/s1. The predicted molar refractivity (Wildman–Crippen MR) is 323 cm³/mol. The number of hydrogen-bond donors (Lipinski definition) is 13. The van der Waals surface area contributed by atoms with Crippen LogP contribution in [-0.2, 0) is 72.1 Å². The number of nitrogens with zero attached hydrogens (tertiary/aromatic N) is 6. The molecule has 30 nitrogen and oxygen atoms in total. The molecule has 1 aromatic carbocycles. The minimum atomic E-state index is -1.54.